The summed E-state index contributed by atoms with van der Waals surface area (Å²) in [5, 5.41) is 8.85. The summed E-state index contributed by atoms with van der Waals surface area (Å²) in [7, 11) is 4.21. The highest BCUT2D eigenvalue weighted by atomic mass is 16.4. The second kappa shape index (κ2) is 6.97. The number of carboxylic acid groups (broad SMARTS) is 1. The average molecular weight is 242 g/mol. The quantitative estimate of drug-likeness (QED) is 0.767. The molecule has 0 saturated carbocycles. The molecule has 1 saturated heterocycles. The molecule has 1 rings (SSSR count). The fourth-order valence-electron chi connectivity index (χ4n) is 2.52. The first-order valence-corrected chi connectivity index (χ1v) is 6.62. The van der Waals surface area contributed by atoms with Crippen LogP contribution >= 0.6 is 0 Å². The SMILES string of the molecule is CC(CN(C)CCC1CCCCN1C)C(=O)O. The lowest BCUT2D eigenvalue weighted by Crippen LogP contribution is -2.39. The Morgan fingerprint density at radius 1 is 1.53 bits per heavy atom. The number of carbonyl (C=O) groups is 1. The van der Waals surface area contributed by atoms with Crippen molar-refractivity contribution in [1.29, 1.82) is 0 Å². The molecule has 0 aromatic carbocycles. The summed E-state index contributed by atoms with van der Waals surface area (Å²) >= 11 is 0. The molecule has 17 heavy (non-hydrogen) atoms. The predicted octanol–water partition coefficient (Wildman–Crippen LogP) is 1.51. The highest BCUT2D eigenvalue weighted by Gasteiger charge is 2.20. The van der Waals surface area contributed by atoms with E-state index in [9.17, 15) is 4.79 Å². The summed E-state index contributed by atoms with van der Waals surface area (Å²) in [5.74, 6) is -0.976. The zero-order valence-corrected chi connectivity index (χ0v) is 11.4. The van der Waals surface area contributed by atoms with Crippen LogP contribution in [0.15, 0.2) is 0 Å². The van der Waals surface area contributed by atoms with Crippen LogP contribution in [0.25, 0.3) is 0 Å². The lowest BCUT2D eigenvalue weighted by molar-refractivity contribution is -0.141. The Labute approximate surface area is 105 Å². The molecule has 1 aliphatic rings. The van der Waals surface area contributed by atoms with Crippen LogP contribution in [-0.2, 0) is 4.79 Å². The third-order valence-electron chi connectivity index (χ3n) is 3.77. The van der Waals surface area contributed by atoms with Crippen LogP contribution in [0.1, 0.15) is 32.6 Å². The lowest BCUT2D eigenvalue weighted by Gasteiger charge is -2.33. The van der Waals surface area contributed by atoms with Crippen molar-refractivity contribution in [1.82, 2.24) is 9.80 Å². The number of hydrogen-bond acceptors (Lipinski definition) is 3. The van der Waals surface area contributed by atoms with Crippen LogP contribution in [0.4, 0.5) is 0 Å². The van der Waals surface area contributed by atoms with Gasteiger partial charge in [-0.15, -0.1) is 0 Å². The van der Waals surface area contributed by atoms with Crippen molar-refractivity contribution in [2.24, 2.45) is 5.92 Å². The van der Waals surface area contributed by atoms with Crippen LogP contribution in [0.3, 0.4) is 0 Å². The van der Waals surface area contributed by atoms with Gasteiger partial charge in [0.2, 0.25) is 0 Å². The van der Waals surface area contributed by atoms with Gasteiger partial charge in [0, 0.05) is 12.6 Å². The Hall–Kier alpha value is -0.610. The monoisotopic (exact) mass is 242 g/mol. The van der Waals surface area contributed by atoms with Crippen LogP contribution in [0.2, 0.25) is 0 Å². The Morgan fingerprint density at radius 3 is 2.82 bits per heavy atom. The Morgan fingerprint density at radius 2 is 2.24 bits per heavy atom. The van der Waals surface area contributed by atoms with E-state index in [4.69, 9.17) is 5.11 Å². The number of hydrogen-bond donors (Lipinski definition) is 1. The maximum absolute atomic E-state index is 10.8. The standard InChI is InChI=1S/C13H26N2O2/c1-11(13(16)17)10-14(2)9-7-12-6-4-5-8-15(12)3/h11-12H,4-10H2,1-3H3,(H,16,17). The molecule has 1 fully saturated rings. The van der Waals surface area contributed by atoms with E-state index in [2.05, 4.69) is 16.8 Å². The average Bonchev–Trinajstić information content (AvgIpc) is 2.27. The molecule has 0 aromatic rings. The van der Waals surface area contributed by atoms with E-state index >= 15 is 0 Å². The molecule has 0 amide bonds. The molecule has 100 valence electrons. The summed E-state index contributed by atoms with van der Waals surface area (Å²) in [4.78, 5) is 15.3. The molecule has 4 nitrogen and oxygen atoms in total. The zero-order chi connectivity index (χ0) is 12.8. The summed E-state index contributed by atoms with van der Waals surface area (Å²) in [5.41, 5.74) is 0. The first-order chi connectivity index (χ1) is 8.00. The molecule has 0 aliphatic carbocycles. The van der Waals surface area contributed by atoms with Gasteiger partial charge in [-0.1, -0.05) is 13.3 Å². The number of nitrogens with zero attached hydrogens (tertiary/aromatic N) is 2. The smallest absolute Gasteiger partial charge is 0.307 e. The third-order valence-corrected chi connectivity index (χ3v) is 3.77. The maximum Gasteiger partial charge on any atom is 0.307 e. The van der Waals surface area contributed by atoms with E-state index in [1.807, 2.05) is 7.05 Å². The minimum atomic E-state index is -0.702. The van der Waals surface area contributed by atoms with Gasteiger partial charge >= 0.3 is 5.97 Å². The molecule has 1 N–H and O–H groups in total. The summed E-state index contributed by atoms with van der Waals surface area (Å²) in [6.07, 6.45) is 5.10. The van der Waals surface area contributed by atoms with E-state index in [-0.39, 0.29) is 5.92 Å². The molecule has 4 heteroatoms. The molecular weight excluding hydrogens is 216 g/mol. The van der Waals surface area contributed by atoms with Gasteiger partial charge in [-0.25, -0.2) is 0 Å². The van der Waals surface area contributed by atoms with E-state index in [1.165, 1.54) is 25.8 Å². The summed E-state index contributed by atoms with van der Waals surface area (Å²) < 4.78 is 0. The Bertz CT molecular complexity index is 246. The van der Waals surface area contributed by atoms with Gasteiger partial charge in [0.25, 0.3) is 0 Å². The first kappa shape index (κ1) is 14.5. The van der Waals surface area contributed by atoms with Crippen molar-refractivity contribution in [3.8, 4) is 0 Å². The van der Waals surface area contributed by atoms with Gasteiger partial charge in [0.1, 0.15) is 0 Å². The van der Waals surface area contributed by atoms with Crippen molar-refractivity contribution < 1.29 is 9.90 Å². The van der Waals surface area contributed by atoms with E-state index in [0.717, 1.165) is 13.0 Å². The van der Waals surface area contributed by atoms with Gasteiger partial charge in [0.15, 0.2) is 0 Å². The van der Waals surface area contributed by atoms with Crippen molar-refractivity contribution in [2.45, 2.75) is 38.6 Å². The summed E-state index contributed by atoms with van der Waals surface area (Å²) in [6, 6.07) is 0.686. The number of piperidine rings is 1. The highest BCUT2D eigenvalue weighted by molar-refractivity contribution is 5.69. The minimum Gasteiger partial charge on any atom is -0.481 e. The highest BCUT2D eigenvalue weighted by Crippen LogP contribution is 2.17. The molecule has 2 unspecified atom stereocenters. The van der Waals surface area contributed by atoms with E-state index < -0.39 is 5.97 Å². The molecule has 0 spiro atoms. The third kappa shape index (κ3) is 5.04. The van der Waals surface area contributed by atoms with Crippen molar-refractivity contribution >= 4 is 5.97 Å². The molecule has 0 radical (unpaired) electrons. The predicted molar refractivity (Wildman–Crippen MR) is 69.2 cm³/mol. The summed E-state index contributed by atoms with van der Waals surface area (Å²) in [6.45, 7) is 4.61. The molecular formula is C13H26N2O2. The molecule has 0 bridgehead atoms. The Kier molecular flexibility index (Phi) is 5.92. The van der Waals surface area contributed by atoms with Gasteiger partial charge in [0.05, 0.1) is 5.92 Å². The van der Waals surface area contributed by atoms with Gasteiger partial charge in [-0.2, -0.15) is 0 Å². The fourth-order valence-corrected chi connectivity index (χ4v) is 2.52. The fraction of sp³-hybridized carbons (Fsp3) is 0.923. The number of carboxylic acids is 1. The Balaban J connectivity index is 2.22. The van der Waals surface area contributed by atoms with Crippen LogP contribution in [0, 0.1) is 5.92 Å². The first-order valence-electron chi connectivity index (χ1n) is 6.62. The largest absolute Gasteiger partial charge is 0.481 e. The normalized spacial score (nSPS) is 23.9. The van der Waals surface area contributed by atoms with Crippen molar-refractivity contribution in [3.63, 3.8) is 0 Å². The van der Waals surface area contributed by atoms with E-state index in [1.54, 1.807) is 6.92 Å². The van der Waals surface area contributed by atoms with Crippen molar-refractivity contribution in [3.05, 3.63) is 0 Å². The maximum atomic E-state index is 10.8. The van der Waals surface area contributed by atoms with Crippen LogP contribution in [-0.4, -0.2) is 60.6 Å². The van der Waals surface area contributed by atoms with Gasteiger partial charge < -0.3 is 14.9 Å². The van der Waals surface area contributed by atoms with Gasteiger partial charge in [-0.3, -0.25) is 4.79 Å². The number of rotatable bonds is 6. The zero-order valence-electron chi connectivity index (χ0n) is 11.4. The molecule has 0 aromatic heterocycles. The van der Waals surface area contributed by atoms with Gasteiger partial charge in [-0.05, 0) is 46.4 Å². The second-order valence-corrected chi connectivity index (χ2v) is 5.42. The lowest BCUT2D eigenvalue weighted by atomic mass is 10.00. The van der Waals surface area contributed by atoms with Crippen LogP contribution in [0.5, 0.6) is 0 Å². The topological polar surface area (TPSA) is 43.8 Å². The minimum absolute atomic E-state index is 0.274. The molecule has 2 atom stereocenters. The van der Waals surface area contributed by atoms with Crippen molar-refractivity contribution in [2.75, 3.05) is 33.7 Å². The van der Waals surface area contributed by atoms with Crippen LogP contribution < -0.4 is 0 Å². The number of likely N-dealkylation sites (tertiary alicyclic amines) is 1. The molecule has 1 heterocycles. The number of aliphatic carboxylic acids is 1. The molecule has 1 aliphatic heterocycles. The van der Waals surface area contributed by atoms with E-state index in [0.29, 0.717) is 12.6 Å². The second-order valence-electron chi connectivity index (χ2n) is 5.42.